The molecule has 1 saturated carbocycles. The highest BCUT2D eigenvalue weighted by Crippen LogP contribution is 2.46. The highest BCUT2D eigenvalue weighted by Gasteiger charge is 2.31. The topological polar surface area (TPSA) is 62.3 Å². The molecule has 0 saturated heterocycles. The maximum absolute atomic E-state index is 13.3. The molecule has 1 aliphatic heterocycles. The fourth-order valence-corrected chi connectivity index (χ4v) is 7.76. The van der Waals surface area contributed by atoms with E-state index in [2.05, 4.69) is 18.3 Å². The van der Waals surface area contributed by atoms with E-state index in [1.165, 1.54) is 29.7 Å². The number of nitrogens with zero attached hydrogens (tertiary/aromatic N) is 2. The number of anilines is 1. The Balaban J connectivity index is 1.41. The van der Waals surface area contributed by atoms with E-state index in [9.17, 15) is 9.59 Å². The predicted octanol–water partition coefficient (Wildman–Crippen LogP) is 6.86. The molecule has 34 heavy (non-hydrogen) atoms. The van der Waals surface area contributed by atoms with Crippen molar-refractivity contribution in [2.75, 3.05) is 11.9 Å². The number of carbonyl (C=O) groups excluding carboxylic acids is 2. The van der Waals surface area contributed by atoms with Gasteiger partial charge in [0.2, 0.25) is 11.8 Å². The molecule has 7 heteroatoms. The minimum absolute atomic E-state index is 0.0916. The number of thiophene rings is 1. The Hall–Kier alpha value is -2.25. The molecule has 0 radical (unpaired) electrons. The van der Waals surface area contributed by atoms with Crippen molar-refractivity contribution in [3.05, 3.63) is 34.7 Å². The van der Waals surface area contributed by atoms with E-state index in [0.29, 0.717) is 13.1 Å². The van der Waals surface area contributed by atoms with Crippen molar-refractivity contribution < 1.29 is 9.59 Å². The molecule has 0 unspecified atom stereocenters. The van der Waals surface area contributed by atoms with Crippen LogP contribution in [0.5, 0.6) is 0 Å². The predicted molar refractivity (Wildman–Crippen MR) is 141 cm³/mol. The van der Waals surface area contributed by atoms with Crippen molar-refractivity contribution in [3.8, 4) is 10.6 Å². The number of rotatable bonds is 6. The normalized spacial score (nSPS) is 20.4. The molecule has 5 nitrogen and oxygen atoms in total. The highest BCUT2D eigenvalue weighted by molar-refractivity contribution is 7.22. The minimum atomic E-state index is 0.0916. The number of hydrogen-bond acceptors (Lipinski definition) is 5. The van der Waals surface area contributed by atoms with Crippen molar-refractivity contribution in [2.24, 2.45) is 11.8 Å². The first-order valence-electron chi connectivity index (χ1n) is 12.6. The standard InChI is InChI=1S/C27H33N3O2S2/c1-3-4-7-18-10-12-19(13-11-18)25(32)29-27-24(26-28-21-8-5-6-9-22(21)33-26)20-14-15-30(17(2)31)16-23(20)34-27/h5-6,8-9,18-19H,3-4,7,10-16H2,1-2H3,(H,29,32). The van der Waals surface area contributed by atoms with Gasteiger partial charge in [0.25, 0.3) is 0 Å². The first kappa shape index (κ1) is 23.5. The summed E-state index contributed by atoms with van der Waals surface area (Å²) in [7, 11) is 0. The number of nitrogens with one attached hydrogen (secondary N) is 1. The summed E-state index contributed by atoms with van der Waals surface area (Å²) < 4.78 is 1.15. The number of hydrogen-bond donors (Lipinski definition) is 1. The van der Waals surface area contributed by atoms with Crippen LogP contribution < -0.4 is 5.32 Å². The summed E-state index contributed by atoms with van der Waals surface area (Å²) in [6.07, 6.45) is 8.95. The second-order valence-electron chi connectivity index (χ2n) is 9.73. The van der Waals surface area contributed by atoms with Crippen LogP contribution in [0.25, 0.3) is 20.8 Å². The van der Waals surface area contributed by atoms with Crippen LogP contribution >= 0.6 is 22.7 Å². The minimum Gasteiger partial charge on any atom is -0.337 e. The molecule has 0 atom stereocenters. The SMILES string of the molecule is CCCCC1CCC(C(=O)Nc2sc3c(c2-c2nc4ccccc4s2)CCN(C(C)=O)C3)CC1. The quantitative estimate of drug-likeness (QED) is 0.406. The number of thiazole rings is 1. The number of carbonyl (C=O) groups is 2. The van der Waals surface area contributed by atoms with E-state index < -0.39 is 0 Å². The Morgan fingerprint density at radius 3 is 2.68 bits per heavy atom. The molecule has 0 spiro atoms. The smallest absolute Gasteiger partial charge is 0.228 e. The molecule has 3 heterocycles. The van der Waals surface area contributed by atoms with Gasteiger partial charge in [0, 0.05) is 29.8 Å². The van der Waals surface area contributed by atoms with Gasteiger partial charge in [-0.1, -0.05) is 38.3 Å². The van der Waals surface area contributed by atoms with Crippen LogP contribution in [-0.2, 0) is 22.6 Å². The van der Waals surface area contributed by atoms with E-state index in [-0.39, 0.29) is 17.7 Å². The van der Waals surface area contributed by atoms with Crippen LogP contribution in [0, 0.1) is 11.8 Å². The fourth-order valence-electron chi connectivity index (χ4n) is 5.39. The molecule has 2 amide bonds. The monoisotopic (exact) mass is 495 g/mol. The van der Waals surface area contributed by atoms with Crippen molar-refractivity contribution in [2.45, 2.75) is 71.8 Å². The molecule has 1 N–H and O–H groups in total. The van der Waals surface area contributed by atoms with Crippen LogP contribution in [0.15, 0.2) is 24.3 Å². The molecule has 1 fully saturated rings. The van der Waals surface area contributed by atoms with Gasteiger partial charge in [0.15, 0.2) is 0 Å². The summed E-state index contributed by atoms with van der Waals surface area (Å²) in [6, 6.07) is 8.19. The zero-order valence-electron chi connectivity index (χ0n) is 20.1. The largest absolute Gasteiger partial charge is 0.337 e. The van der Waals surface area contributed by atoms with E-state index >= 15 is 0 Å². The molecule has 1 aliphatic carbocycles. The van der Waals surface area contributed by atoms with Crippen LogP contribution in [0.4, 0.5) is 5.00 Å². The Morgan fingerprint density at radius 2 is 1.94 bits per heavy atom. The average Bonchev–Trinajstić information content (AvgIpc) is 3.42. The number of para-hydroxylation sites is 1. The molecule has 2 aromatic heterocycles. The van der Waals surface area contributed by atoms with Gasteiger partial charge in [0.05, 0.1) is 16.8 Å². The van der Waals surface area contributed by atoms with Gasteiger partial charge in [-0.2, -0.15) is 0 Å². The van der Waals surface area contributed by atoms with Gasteiger partial charge in [-0.25, -0.2) is 4.98 Å². The Bertz CT molecular complexity index is 1160. The van der Waals surface area contributed by atoms with Gasteiger partial charge in [-0.05, 0) is 55.7 Å². The molecule has 1 aromatic carbocycles. The Labute approximate surface area is 209 Å². The van der Waals surface area contributed by atoms with Crippen LogP contribution in [-0.4, -0.2) is 28.2 Å². The van der Waals surface area contributed by atoms with Gasteiger partial charge >= 0.3 is 0 Å². The molecular formula is C27H33N3O2S2. The summed E-state index contributed by atoms with van der Waals surface area (Å²) in [4.78, 5) is 33.4. The van der Waals surface area contributed by atoms with Gasteiger partial charge in [-0.3, -0.25) is 9.59 Å². The van der Waals surface area contributed by atoms with Crippen molar-refractivity contribution in [1.29, 1.82) is 0 Å². The van der Waals surface area contributed by atoms with E-state index in [4.69, 9.17) is 4.98 Å². The maximum Gasteiger partial charge on any atom is 0.228 e. The number of unbranched alkanes of at least 4 members (excludes halogenated alkanes) is 1. The fraction of sp³-hybridized carbons (Fsp3) is 0.519. The summed E-state index contributed by atoms with van der Waals surface area (Å²) in [5.74, 6) is 1.13. The van der Waals surface area contributed by atoms with E-state index in [0.717, 1.165) is 63.8 Å². The molecule has 2 aliphatic rings. The number of fused-ring (bicyclic) bond motifs is 2. The van der Waals surface area contributed by atoms with Gasteiger partial charge in [-0.15, -0.1) is 22.7 Å². The van der Waals surface area contributed by atoms with Crippen molar-refractivity contribution >= 4 is 49.7 Å². The number of aromatic nitrogens is 1. The Morgan fingerprint density at radius 1 is 1.15 bits per heavy atom. The first-order chi connectivity index (χ1) is 16.5. The van der Waals surface area contributed by atoms with Crippen molar-refractivity contribution in [3.63, 3.8) is 0 Å². The second-order valence-corrected chi connectivity index (χ2v) is 11.9. The lowest BCUT2D eigenvalue weighted by molar-refractivity contribution is -0.129. The third-order valence-corrected chi connectivity index (χ3v) is 9.62. The zero-order chi connectivity index (χ0) is 23.7. The molecular weight excluding hydrogens is 462 g/mol. The summed E-state index contributed by atoms with van der Waals surface area (Å²) in [5.41, 5.74) is 3.32. The lowest BCUT2D eigenvalue weighted by Gasteiger charge is -2.27. The summed E-state index contributed by atoms with van der Waals surface area (Å²) >= 11 is 3.32. The number of benzene rings is 1. The molecule has 180 valence electrons. The first-order valence-corrected chi connectivity index (χ1v) is 14.2. The van der Waals surface area contributed by atoms with Crippen LogP contribution in [0.3, 0.4) is 0 Å². The van der Waals surface area contributed by atoms with Gasteiger partial charge < -0.3 is 10.2 Å². The average molecular weight is 496 g/mol. The second kappa shape index (κ2) is 10.2. The summed E-state index contributed by atoms with van der Waals surface area (Å²) in [6.45, 7) is 5.21. The van der Waals surface area contributed by atoms with Crippen LogP contribution in [0.2, 0.25) is 0 Å². The van der Waals surface area contributed by atoms with Crippen molar-refractivity contribution in [1.82, 2.24) is 9.88 Å². The molecule has 5 rings (SSSR count). The summed E-state index contributed by atoms with van der Waals surface area (Å²) in [5, 5.41) is 5.20. The third-order valence-electron chi connectivity index (χ3n) is 7.43. The van der Waals surface area contributed by atoms with E-state index in [1.807, 2.05) is 23.1 Å². The number of amides is 2. The van der Waals surface area contributed by atoms with Crippen LogP contribution in [0.1, 0.15) is 69.2 Å². The Kier molecular flexibility index (Phi) is 7.02. The van der Waals surface area contributed by atoms with E-state index in [1.54, 1.807) is 29.6 Å². The molecule has 3 aromatic rings. The van der Waals surface area contributed by atoms with Gasteiger partial charge in [0.1, 0.15) is 10.0 Å². The zero-order valence-corrected chi connectivity index (χ0v) is 21.7. The lowest BCUT2D eigenvalue weighted by Crippen LogP contribution is -2.33. The highest BCUT2D eigenvalue weighted by atomic mass is 32.1. The lowest BCUT2D eigenvalue weighted by atomic mass is 9.79. The maximum atomic E-state index is 13.3. The molecule has 0 bridgehead atoms. The third kappa shape index (κ3) is 4.78.